The van der Waals surface area contributed by atoms with E-state index in [1.165, 1.54) is 28.9 Å². The maximum Gasteiger partial charge on any atom is 0.237 e. The molecule has 1 aromatic rings. The van der Waals surface area contributed by atoms with E-state index in [1.54, 1.807) is 0 Å². The highest BCUT2D eigenvalue weighted by Crippen LogP contribution is 2.42. The van der Waals surface area contributed by atoms with Crippen LogP contribution in [0.2, 0.25) is 0 Å². The van der Waals surface area contributed by atoms with E-state index in [0.717, 1.165) is 19.3 Å². The van der Waals surface area contributed by atoms with Gasteiger partial charge in [-0.05, 0) is 57.6 Å². The van der Waals surface area contributed by atoms with Gasteiger partial charge in [-0.2, -0.15) is 0 Å². The Hall–Kier alpha value is -1.00. The Balaban J connectivity index is 1.70. The number of benzene rings is 1. The SMILES string of the molecule is Cc1ccc(C)c(SC2CCC(NC3CC3)(C(N)=O)C2)c1. The van der Waals surface area contributed by atoms with Gasteiger partial charge in [-0.1, -0.05) is 17.7 Å². The van der Waals surface area contributed by atoms with Gasteiger partial charge >= 0.3 is 0 Å². The maximum absolute atomic E-state index is 12.0. The first-order chi connectivity index (χ1) is 9.98. The van der Waals surface area contributed by atoms with E-state index >= 15 is 0 Å². The van der Waals surface area contributed by atoms with Gasteiger partial charge in [0.15, 0.2) is 0 Å². The number of primary amides is 1. The Morgan fingerprint density at radius 2 is 2.10 bits per heavy atom. The number of rotatable bonds is 5. The lowest BCUT2D eigenvalue weighted by molar-refractivity contribution is -0.124. The van der Waals surface area contributed by atoms with Crippen LogP contribution >= 0.6 is 11.8 Å². The lowest BCUT2D eigenvalue weighted by Crippen LogP contribution is -2.54. The molecule has 114 valence electrons. The van der Waals surface area contributed by atoms with Gasteiger partial charge in [-0.25, -0.2) is 0 Å². The number of nitrogens with one attached hydrogen (secondary N) is 1. The monoisotopic (exact) mass is 304 g/mol. The summed E-state index contributed by atoms with van der Waals surface area (Å²) in [5.74, 6) is -0.168. The third-order valence-corrected chi connectivity index (χ3v) is 6.07. The predicted molar refractivity (Wildman–Crippen MR) is 87.5 cm³/mol. The van der Waals surface area contributed by atoms with Crippen LogP contribution in [0.25, 0.3) is 0 Å². The van der Waals surface area contributed by atoms with E-state index in [2.05, 4.69) is 37.4 Å². The molecule has 1 amide bonds. The molecule has 0 aromatic heterocycles. The van der Waals surface area contributed by atoms with E-state index in [-0.39, 0.29) is 5.91 Å². The summed E-state index contributed by atoms with van der Waals surface area (Å²) >= 11 is 1.91. The van der Waals surface area contributed by atoms with Crippen LogP contribution in [0.4, 0.5) is 0 Å². The summed E-state index contributed by atoms with van der Waals surface area (Å²) < 4.78 is 0. The van der Waals surface area contributed by atoms with Crippen LogP contribution in [-0.4, -0.2) is 22.7 Å². The van der Waals surface area contributed by atoms with Crippen molar-refractivity contribution in [3.63, 3.8) is 0 Å². The van der Waals surface area contributed by atoms with Crippen molar-refractivity contribution >= 4 is 17.7 Å². The Kier molecular flexibility index (Phi) is 4.02. The number of nitrogens with two attached hydrogens (primary N) is 1. The smallest absolute Gasteiger partial charge is 0.237 e. The summed E-state index contributed by atoms with van der Waals surface area (Å²) in [6.07, 6.45) is 5.16. The molecule has 4 heteroatoms. The van der Waals surface area contributed by atoms with Gasteiger partial charge in [0, 0.05) is 16.2 Å². The molecule has 0 radical (unpaired) electrons. The second-order valence-corrected chi connectivity index (χ2v) is 7.96. The van der Waals surface area contributed by atoms with Gasteiger partial charge in [0.2, 0.25) is 5.91 Å². The minimum atomic E-state index is -0.462. The third kappa shape index (κ3) is 3.27. The molecular formula is C17H24N2OS. The molecule has 2 unspecified atom stereocenters. The quantitative estimate of drug-likeness (QED) is 0.879. The molecule has 21 heavy (non-hydrogen) atoms. The maximum atomic E-state index is 12.0. The standard InChI is InChI=1S/C17H24N2OS/c1-11-3-4-12(2)15(9-11)21-14-7-8-17(10-14,16(18)20)19-13-5-6-13/h3-4,9,13-14,19H,5-8,10H2,1-2H3,(H2,18,20). The van der Waals surface area contributed by atoms with Crippen molar-refractivity contribution in [2.45, 2.75) is 67.7 Å². The molecular weight excluding hydrogens is 280 g/mol. The van der Waals surface area contributed by atoms with Crippen molar-refractivity contribution in [1.82, 2.24) is 5.32 Å². The lowest BCUT2D eigenvalue weighted by Gasteiger charge is -2.27. The third-order valence-electron chi connectivity index (χ3n) is 4.64. The Morgan fingerprint density at radius 3 is 2.76 bits per heavy atom. The number of carbonyl (C=O) groups is 1. The lowest BCUT2D eigenvalue weighted by atomic mass is 9.96. The van der Waals surface area contributed by atoms with E-state index in [4.69, 9.17) is 5.73 Å². The fourth-order valence-corrected chi connectivity index (χ4v) is 4.63. The summed E-state index contributed by atoms with van der Waals surface area (Å²) in [4.78, 5) is 13.3. The molecule has 0 aliphatic heterocycles. The van der Waals surface area contributed by atoms with Gasteiger partial charge in [0.25, 0.3) is 0 Å². The molecule has 2 atom stereocenters. The van der Waals surface area contributed by atoms with E-state index in [1.807, 2.05) is 11.8 Å². The number of hydrogen-bond acceptors (Lipinski definition) is 3. The topological polar surface area (TPSA) is 55.1 Å². The van der Waals surface area contributed by atoms with Crippen LogP contribution in [-0.2, 0) is 4.79 Å². The van der Waals surface area contributed by atoms with Gasteiger partial charge in [-0.15, -0.1) is 11.8 Å². The second-order valence-electron chi connectivity index (χ2n) is 6.62. The predicted octanol–water partition coefficient (Wildman–Crippen LogP) is 2.92. The molecule has 3 nitrogen and oxygen atoms in total. The summed E-state index contributed by atoms with van der Waals surface area (Å²) in [7, 11) is 0. The Morgan fingerprint density at radius 1 is 1.33 bits per heavy atom. The van der Waals surface area contributed by atoms with Crippen molar-refractivity contribution < 1.29 is 4.79 Å². The van der Waals surface area contributed by atoms with Crippen LogP contribution in [0.3, 0.4) is 0 Å². The van der Waals surface area contributed by atoms with E-state index in [0.29, 0.717) is 11.3 Å². The minimum absolute atomic E-state index is 0.168. The molecule has 2 aliphatic carbocycles. The zero-order valence-corrected chi connectivity index (χ0v) is 13.6. The highest BCUT2D eigenvalue weighted by Gasteiger charge is 2.46. The molecule has 0 heterocycles. The van der Waals surface area contributed by atoms with Crippen molar-refractivity contribution in [3.8, 4) is 0 Å². The fraction of sp³-hybridized carbons (Fsp3) is 0.588. The Labute approximate surface area is 131 Å². The van der Waals surface area contributed by atoms with Crippen LogP contribution in [0, 0.1) is 13.8 Å². The first kappa shape index (κ1) is 14.9. The van der Waals surface area contributed by atoms with Crippen LogP contribution in [0.1, 0.15) is 43.2 Å². The number of thioether (sulfide) groups is 1. The largest absolute Gasteiger partial charge is 0.368 e. The molecule has 0 saturated heterocycles. The minimum Gasteiger partial charge on any atom is -0.368 e. The van der Waals surface area contributed by atoms with Crippen molar-refractivity contribution in [2.24, 2.45) is 5.73 Å². The van der Waals surface area contributed by atoms with Gasteiger partial charge in [-0.3, -0.25) is 4.79 Å². The molecule has 2 fully saturated rings. The van der Waals surface area contributed by atoms with Crippen molar-refractivity contribution in [1.29, 1.82) is 0 Å². The fourth-order valence-electron chi connectivity index (χ4n) is 3.16. The molecule has 2 saturated carbocycles. The Bertz CT molecular complexity index is 556. The average Bonchev–Trinajstić information content (AvgIpc) is 3.14. The van der Waals surface area contributed by atoms with Crippen molar-refractivity contribution in [2.75, 3.05) is 0 Å². The van der Waals surface area contributed by atoms with Gasteiger partial charge in [0.05, 0.1) is 5.54 Å². The molecule has 2 aliphatic rings. The van der Waals surface area contributed by atoms with Crippen molar-refractivity contribution in [3.05, 3.63) is 29.3 Å². The molecule has 3 rings (SSSR count). The summed E-state index contributed by atoms with van der Waals surface area (Å²) in [5.41, 5.74) is 7.85. The summed E-state index contributed by atoms with van der Waals surface area (Å²) in [6.45, 7) is 4.28. The van der Waals surface area contributed by atoms with Gasteiger partial charge in [0.1, 0.15) is 0 Å². The average molecular weight is 304 g/mol. The molecule has 1 aromatic carbocycles. The highest BCUT2D eigenvalue weighted by molar-refractivity contribution is 8.00. The van der Waals surface area contributed by atoms with Gasteiger partial charge < -0.3 is 11.1 Å². The van der Waals surface area contributed by atoms with Crippen LogP contribution in [0.5, 0.6) is 0 Å². The molecule has 3 N–H and O–H groups in total. The second kappa shape index (κ2) is 5.65. The van der Waals surface area contributed by atoms with Crippen LogP contribution < -0.4 is 11.1 Å². The number of carbonyl (C=O) groups excluding carboxylic acids is 1. The zero-order valence-electron chi connectivity index (χ0n) is 12.8. The van der Waals surface area contributed by atoms with Crippen LogP contribution in [0.15, 0.2) is 23.1 Å². The number of aryl methyl sites for hydroxylation is 2. The van der Waals surface area contributed by atoms with E-state index < -0.39 is 5.54 Å². The molecule has 0 spiro atoms. The summed E-state index contributed by atoms with van der Waals surface area (Å²) in [6, 6.07) is 7.09. The molecule has 0 bridgehead atoms. The number of hydrogen-bond donors (Lipinski definition) is 2. The van der Waals surface area contributed by atoms with E-state index in [9.17, 15) is 4.79 Å². The number of amides is 1. The zero-order chi connectivity index (χ0) is 15.0. The first-order valence-electron chi connectivity index (χ1n) is 7.80. The highest BCUT2D eigenvalue weighted by atomic mass is 32.2. The normalized spacial score (nSPS) is 28.8. The first-order valence-corrected chi connectivity index (χ1v) is 8.68. The summed E-state index contributed by atoms with van der Waals surface area (Å²) in [5, 5.41) is 4.00.